The average Bonchev–Trinajstić information content (AvgIpc) is 2.65. The molecule has 2 amide bonds. The van der Waals surface area contributed by atoms with Gasteiger partial charge in [0.15, 0.2) is 0 Å². The van der Waals surface area contributed by atoms with Crippen LogP contribution in [0.5, 0.6) is 0 Å². The molecule has 26 heavy (non-hydrogen) atoms. The number of piperidine rings is 1. The molecule has 0 bridgehead atoms. The lowest BCUT2D eigenvalue weighted by Crippen LogP contribution is -2.43. The Labute approximate surface area is 158 Å². The molecule has 136 valence electrons. The zero-order valence-corrected chi connectivity index (χ0v) is 15.4. The van der Waals surface area contributed by atoms with Gasteiger partial charge in [0.25, 0.3) is 5.91 Å². The number of benzene rings is 2. The first-order chi connectivity index (χ1) is 12.4. The summed E-state index contributed by atoms with van der Waals surface area (Å²) < 4.78 is 0. The highest BCUT2D eigenvalue weighted by molar-refractivity contribution is 6.30. The molecule has 2 aromatic rings. The summed E-state index contributed by atoms with van der Waals surface area (Å²) in [4.78, 5) is 27.1. The summed E-state index contributed by atoms with van der Waals surface area (Å²) in [7, 11) is 0. The van der Waals surface area contributed by atoms with Crippen molar-refractivity contribution in [3.8, 4) is 0 Å². The predicted octanol–water partition coefficient (Wildman–Crippen LogP) is 3.72. The third kappa shape index (κ3) is 4.17. The van der Waals surface area contributed by atoms with E-state index in [4.69, 9.17) is 17.3 Å². The third-order valence-electron chi connectivity index (χ3n) is 4.69. The topological polar surface area (TPSA) is 75.4 Å². The maximum absolute atomic E-state index is 12.7. The fraction of sp³-hybridized carbons (Fsp3) is 0.300. The number of nitrogens with two attached hydrogens (primary N) is 1. The smallest absolute Gasteiger partial charge is 0.253 e. The van der Waals surface area contributed by atoms with E-state index in [1.807, 2.05) is 13.0 Å². The van der Waals surface area contributed by atoms with E-state index in [0.29, 0.717) is 29.4 Å². The SMILES string of the molecule is Cc1ccc(N)cc1NC(=O)C1CCCN(C(=O)c2ccc(Cl)cc2)C1. The minimum Gasteiger partial charge on any atom is -0.399 e. The molecule has 1 aliphatic rings. The maximum atomic E-state index is 12.7. The number of rotatable bonds is 3. The Hall–Kier alpha value is -2.53. The molecule has 1 aliphatic heterocycles. The summed E-state index contributed by atoms with van der Waals surface area (Å²) in [5.41, 5.74) is 8.67. The Morgan fingerprint density at radius 2 is 1.92 bits per heavy atom. The van der Waals surface area contributed by atoms with Crippen LogP contribution in [0.1, 0.15) is 28.8 Å². The second-order valence-electron chi connectivity index (χ2n) is 6.66. The maximum Gasteiger partial charge on any atom is 0.253 e. The van der Waals surface area contributed by atoms with Crippen LogP contribution in [0, 0.1) is 12.8 Å². The van der Waals surface area contributed by atoms with Crippen LogP contribution in [-0.4, -0.2) is 29.8 Å². The molecular weight excluding hydrogens is 350 g/mol. The molecule has 0 radical (unpaired) electrons. The fourth-order valence-corrected chi connectivity index (χ4v) is 3.29. The van der Waals surface area contributed by atoms with Crippen molar-refractivity contribution in [3.05, 3.63) is 58.6 Å². The van der Waals surface area contributed by atoms with Crippen molar-refractivity contribution in [2.75, 3.05) is 24.1 Å². The van der Waals surface area contributed by atoms with Crippen LogP contribution in [0.25, 0.3) is 0 Å². The summed E-state index contributed by atoms with van der Waals surface area (Å²) >= 11 is 5.88. The first kappa shape index (κ1) is 18.3. The molecule has 0 aromatic heterocycles. The second-order valence-corrected chi connectivity index (χ2v) is 7.10. The highest BCUT2D eigenvalue weighted by atomic mass is 35.5. The lowest BCUT2D eigenvalue weighted by atomic mass is 9.96. The van der Waals surface area contributed by atoms with E-state index in [9.17, 15) is 9.59 Å². The largest absolute Gasteiger partial charge is 0.399 e. The van der Waals surface area contributed by atoms with Crippen molar-refractivity contribution in [2.45, 2.75) is 19.8 Å². The number of likely N-dealkylation sites (tertiary alicyclic amines) is 1. The molecule has 0 spiro atoms. The van der Waals surface area contributed by atoms with Gasteiger partial charge in [0.05, 0.1) is 5.92 Å². The fourth-order valence-electron chi connectivity index (χ4n) is 3.16. The summed E-state index contributed by atoms with van der Waals surface area (Å²) in [6.07, 6.45) is 1.56. The molecule has 1 atom stereocenters. The minimum atomic E-state index is -0.235. The van der Waals surface area contributed by atoms with Gasteiger partial charge in [-0.15, -0.1) is 0 Å². The predicted molar refractivity (Wildman–Crippen MR) is 104 cm³/mol. The lowest BCUT2D eigenvalue weighted by Gasteiger charge is -2.32. The van der Waals surface area contributed by atoms with E-state index in [2.05, 4.69) is 5.32 Å². The number of nitrogens with zero attached hydrogens (tertiary/aromatic N) is 1. The molecule has 1 heterocycles. The van der Waals surface area contributed by atoms with E-state index in [1.54, 1.807) is 41.3 Å². The van der Waals surface area contributed by atoms with Crippen LogP contribution in [0.4, 0.5) is 11.4 Å². The van der Waals surface area contributed by atoms with Gasteiger partial charge >= 0.3 is 0 Å². The van der Waals surface area contributed by atoms with Crippen LogP contribution < -0.4 is 11.1 Å². The van der Waals surface area contributed by atoms with E-state index in [-0.39, 0.29) is 17.7 Å². The van der Waals surface area contributed by atoms with Gasteiger partial charge in [-0.05, 0) is 61.7 Å². The Bertz CT molecular complexity index is 820. The molecule has 0 aliphatic carbocycles. The number of carbonyl (C=O) groups excluding carboxylic acids is 2. The second kappa shape index (κ2) is 7.79. The summed E-state index contributed by atoms with van der Waals surface area (Å²) in [6, 6.07) is 12.3. The molecule has 5 nitrogen and oxygen atoms in total. The quantitative estimate of drug-likeness (QED) is 0.807. The summed E-state index contributed by atoms with van der Waals surface area (Å²) in [5.74, 6) is -0.382. The third-order valence-corrected chi connectivity index (χ3v) is 4.94. The Kier molecular flexibility index (Phi) is 5.47. The monoisotopic (exact) mass is 371 g/mol. The van der Waals surface area contributed by atoms with Gasteiger partial charge in [-0.3, -0.25) is 9.59 Å². The number of nitrogens with one attached hydrogen (secondary N) is 1. The van der Waals surface area contributed by atoms with Crippen molar-refractivity contribution in [1.29, 1.82) is 0 Å². The molecular formula is C20H22ClN3O2. The van der Waals surface area contributed by atoms with Gasteiger partial charge in [-0.1, -0.05) is 17.7 Å². The highest BCUT2D eigenvalue weighted by Crippen LogP contribution is 2.23. The van der Waals surface area contributed by atoms with Gasteiger partial charge in [0.2, 0.25) is 5.91 Å². The highest BCUT2D eigenvalue weighted by Gasteiger charge is 2.29. The Balaban J connectivity index is 1.67. The summed E-state index contributed by atoms with van der Waals surface area (Å²) in [5, 5.41) is 3.55. The normalized spacial score (nSPS) is 17.0. The molecule has 0 saturated carbocycles. The van der Waals surface area contributed by atoms with Crippen molar-refractivity contribution in [1.82, 2.24) is 4.90 Å². The zero-order chi connectivity index (χ0) is 18.7. The molecule has 1 saturated heterocycles. The van der Waals surface area contributed by atoms with Gasteiger partial charge in [-0.25, -0.2) is 0 Å². The molecule has 2 aromatic carbocycles. The van der Waals surface area contributed by atoms with Crippen molar-refractivity contribution in [3.63, 3.8) is 0 Å². The first-order valence-corrected chi connectivity index (χ1v) is 9.03. The van der Waals surface area contributed by atoms with Crippen LogP contribution in [0.15, 0.2) is 42.5 Å². The number of nitrogen functional groups attached to an aromatic ring is 1. The van der Waals surface area contributed by atoms with Crippen LogP contribution in [-0.2, 0) is 4.79 Å². The minimum absolute atomic E-state index is 0.0701. The number of amides is 2. The van der Waals surface area contributed by atoms with Gasteiger partial charge < -0.3 is 16.0 Å². The standard InChI is InChI=1S/C20H22ClN3O2/c1-13-4-9-17(22)11-18(13)23-19(25)15-3-2-10-24(12-15)20(26)14-5-7-16(21)8-6-14/h4-9,11,15H,2-3,10,12,22H2,1H3,(H,23,25). The molecule has 3 rings (SSSR count). The number of anilines is 2. The van der Waals surface area contributed by atoms with E-state index in [0.717, 1.165) is 24.1 Å². The van der Waals surface area contributed by atoms with E-state index < -0.39 is 0 Å². The molecule has 1 fully saturated rings. The zero-order valence-electron chi connectivity index (χ0n) is 14.7. The van der Waals surface area contributed by atoms with Gasteiger partial charge in [-0.2, -0.15) is 0 Å². The van der Waals surface area contributed by atoms with Gasteiger partial charge in [0.1, 0.15) is 0 Å². The summed E-state index contributed by atoms with van der Waals surface area (Å²) in [6.45, 7) is 2.99. The van der Waals surface area contributed by atoms with Gasteiger partial charge in [0, 0.05) is 35.1 Å². The number of hydrogen-bond acceptors (Lipinski definition) is 3. The number of carbonyl (C=O) groups is 2. The van der Waals surface area contributed by atoms with Crippen molar-refractivity contribution in [2.24, 2.45) is 5.92 Å². The number of halogens is 1. The van der Waals surface area contributed by atoms with Crippen LogP contribution >= 0.6 is 11.6 Å². The molecule has 3 N–H and O–H groups in total. The Morgan fingerprint density at radius 1 is 1.19 bits per heavy atom. The Morgan fingerprint density at radius 3 is 2.65 bits per heavy atom. The number of aryl methyl sites for hydroxylation is 1. The average molecular weight is 372 g/mol. The lowest BCUT2D eigenvalue weighted by molar-refractivity contribution is -0.121. The van der Waals surface area contributed by atoms with Crippen LogP contribution in [0.2, 0.25) is 5.02 Å². The van der Waals surface area contributed by atoms with E-state index >= 15 is 0 Å². The van der Waals surface area contributed by atoms with Crippen molar-refractivity contribution < 1.29 is 9.59 Å². The van der Waals surface area contributed by atoms with Crippen LogP contribution in [0.3, 0.4) is 0 Å². The first-order valence-electron chi connectivity index (χ1n) is 8.66. The van der Waals surface area contributed by atoms with E-state index in [1.165, 1.54) is 0 Å². The number of hydrogen-bond donors (Lipinski definition) is 2. The van der Waals surface area contributed by atoms with Crippen molar-refractivity contribution >= 4 is 34.8 Å². The molecule has 6 heteroatoms. The molecule has 1 unspecified atom stereocenters.